The minimum atomic E-state index is -2.84. The van der Waals surface area contributed by atoms with Crippen molar-refractivity contribution in [2.75, 3.05) is 20.1 Å². The highest BCUT2D eigenvalue weighted by atomic mass is 19.3. The largest absolute Gasteiger partial charge is 0.351 e. The van der Waals surface area contributed by atoms with Crippen LogP contribution < -0.4 is 5.32 Å². The normalized spacial score (nSPS) is 20.1. The van der Waals surface area contributed by atoms with Crippen molar-refractivity contribution in [1.29, 1.82) is 0 Å². The van der Waals surface area contributed by atoms with Gasteiger partial charge in [0, 0.05) is 20.0 Å². The van der Waals surface area contributed by atoms with Gasteiger partial charge in [-0.05, 0) is 0 Å². The third kappa shape index (κ3) is 2.13. The molecule has 2 amide bonds. The van der Waals surface area contributed by atoms with E-state index in [1.54, 1.807) is 0 Å². The number of carbonyl (C=O) groups is 2. The summed E-state index contributed by atoms with van der Waals surface area (Å²) < 4.78 is 25.2. The zero-order chi connectivity index (χ0) is 10.1. The lowest BCUT2D eigenvalue weighted by atomic mass is 10.3. The van der Waals surface area contributed by atoms with Crippen LogP contribution in [0.15, 0.2) is 0 Å². The second-order valence-electron chi connectivity index (χ2n) is 2.91. The number of rotatable bonds is 0. The average molecular weight is 192 g/mol. The number of carbonyl (C=O) groups excluding carboxylic acids is 2. The van der Waals surface area contributed by atoms with E-state index in [9.17, 15) is 18.4 Å². The Morgan fingerprint density at radius 2 is 2.08 bits per heavy atom. The molecule has 1 heterocycles. The predicted octanol–water partition coefficient (Wildman–Crippen LogP) is -0.400. The number of hydrogen-bond acceptors (Lipinski definition) is 2. The molecule has 1 saturated heterocycles. The molecule has 0 aromatic carbocycles. The number of nitrogens with zero attached hydrogens (tertiary/aromatic N) is 1. The van der Waals surface area contributed by atoms with Gasteiger partial charge in [0.05, 0.1) is 6.54 Å². The Morgan fingerprint density at radius 1 is 1.46 bits per heavy atom. The molecule has 0 atom stereocenters. The lowest BCUT2D eigenvalue weighted by Crippen LogP contribution is -2.41. The van der Waals surface area contributed by atoms with Crippen LogP contribution in [0.2, 0.25) is 0 Å². The van der Waals surface area contributed by atoms with E-state index in [4.69, 9.17) is 0 Å². The number of amides is 2. The monoisotopic (exact) mass is 192 g/mol. The molecular formula is C7H10F2N2O2. The number of hydrogen-bond donors (Lipinski definition) is 1. The second-order valence-corrected chi connectivity index (χ2v) is 2.91. The van der Waals surface area contributed by atoms with Crippen molar-refractivity contribution in [2.45, 2.75) is 12.3 Å². The molecule has 1 rings (SSSR count). The summed E-state index contributed by atoms with van der Waals surface area (Å²) in [6, 6.07) is 0. The van der Waals surface area contributed by atoms with Crippen molar-refractivity contribution in [2.24, 2.45) is 0 Å². The minimum absolute atomic E-state index is 0.0563. The molecule has 1 aliphatic heterocycles. The van der Waals surface area contributed by atoms with Gasteiger partial charge in [-0.25, -0.2) is 8.78 Å². The van der Waals surface area contributed by atoms with Gasteiger partial charge in [-0.3, -0.25) is 9.59 Å². The van der Waals surface area contributed by atoms with E-state index < -0.39 is 24.3 Å². The van der Waals surface area contributed by atoms with Crippen LogP contribution in [0.25, 0.3) is 0 Å². The lowest BCUT2D eigenvalue weighted by molar-refractivity contribution is -0.145. The lowest BCUT2D eigenvalue weighted by Gasteiger charge is -2.14. The van der Waals surface area contributed by atoms with E-state index in [1.165, 1.54) is 7.05 Å². The molecule has 13 heavy (non-hydrogen) atoms. The molecule has 0 saturated carbocycles. The first-order chi connectivity index (χ1) is 5.96. The molecule has 6 heteroatoms. The van der Waals surface area contributed by atoms with Crippen molar-refractivity contribution >= 4 is 11.8 Å². The van der Waals surface area contributed by atoms with E-state index in [2.05, 4.69) is 5.32 Å². The Hall–Kier alpha value is -1.20. The first kappa shape index (κ1) is 9.88. The summed E-state index contributed by atoms with van der Waals surface area (Å²) in [5.41, 5.74) is 0. The highest BCUT2D eigenvalue weighted by molar-refractivity contribution is 6.34. The fourth-order valence-electron chi connectivity index (χ4n) is 1.16. The maximum atomic E-state index is 12.6. The zero-order valence-corrected chi connectivity index (χ0v) is 7.14. The SMILES string of the molecule is CNC(=O)C(=O)N1CCC(F)(F)C1. The molecular weight excluding hydrogens is 182 g/mol. The first-order valence-corrected chi connectivity index (χ1v) is 3.85. The number of halogens is 2. The van der Waals surface area contributed by atoms with Gasteiger partial charge < -0.3 is 10.2 Å². The topological polar surface area (TPSA) is 49.4 Å². The Bertz CT molecular complexity index is 243. The van der Waals surface area contributed by atoms with Gasteiger partial charge >= 0.3 is 11.8 Å². The summed E-state index contributed by atoms with van der Waals surface area (Å²) >= 11 is 0. The van der Waals surface area contributed by atoms with Crippen molar-refractivity contribution in [3.8, 4) is 0 Å². The van der Waals surface area contributed by atoms with Gasteiger partial charge in [0.1, 0.15) is 0 Å². The number of alkyl halides is 2. The zero-order valence-electron chi connectivity index (χ0n) is 7.14. The fourth-order valence-corrected chi connectivity index (χ4v) is 1.16. The summed E-state index contributed by atoms with van der Waals surface area (Å²) in [6.07, 6.45) is -0.365. The van der Waals surface area contributed by atoms with Gasteiger partial charge in [0.2, 0.25) is 0 Å². The van der Waals surface area contributed by atoms with E-state index >= 15 is 0 Å². The highest BCUT2D eigenvalue weighted by Crippen LogP contribution is 2.26. The molecule has 0 aromatic heterocycles. The maximum absolute atomic E-state index is 12.6. The van der Waals surface area contributed by atoms with Crippen LogP contribution in [0.3, 0.4) is 0 Å². The van der Waals surface area contributed by atoms with Gasteiger partial charge in [-0.1, -0.05) is 0 Å². The first-order valence-electron chi connectivity index (χ1n) is 3.85. The molecule has 0 aromatic rings. The highest BCUT2D eigenvalue weighted by Gasteiger charge is 2.41. The molecule has 0 radical (unpaired) electrons. The molecule has 0 aliphatic carbocycles. The second kappa shape index (κ2) is 3.27. The van der Waals surface area contributed by atoms with Gasteiger partial charge in [0.25, 0.3) is 5.92 Å². The van der Waals surface area contributed by atoms with Crippen LogP contribution in [0.4, 0.5) is 8.78 Å². The van der Waals surface area contributed by atoms with E-state index in [-0.39, 0.29) is 13.0 Å². The molecule has 1 fully saturated rings. The van der Waals surface area contributed by atoms with Crippen molar-refractivity contribution in [3.05, 3.63) is 0 Å². The summed E-state index contributed by atoms with van der Waals surface area (Å²) in [5.74, 6) is -4.58. The summed E-state index contributed by atoms with van der Waals surface area (Å²) in [5, 5.41) is 2.09. The number of likely N-dealkylation sites (N-methyl/N-ethyl adjacent to an activating group) is 1. The van der Waals surface area contributed by atoms with Crippen molar-refractivity contribution < 1.29 is 18.4 Å². The third-order valence-electron chi connectivity index (χ3n) is 1.88. The maximum Gasteiger partial charge on any atom is 0.312 e. The predicted molar refractivity (Wildman–Crippen MR) is 40.2 cm³/mol. The quantitative estimate of drug-likeness (QED) is 0.531. The Kier molecular flexibility index (Phi) is 2.49. The van der Waals surface area contributed by atoms with Crippen LogP contribution in [-0.2, 0) is 9.59 Å². The van der Waals surface area contributed by atoms with Gasteiger partial charge in [-0.15, -0.1) is 0 Å². The van der Waals surface area contributed by atoms with Gasteiger partial charge in [-0.2, -0.15) is 0 Å². The van der Waals surface area contributed by atoms with Gasteiger partial charge in [0.15, 0.2) is 0 Å². The summed E-state index contributed by atoms with van der Waals surface area (Å²) in [4.78, 5) is 22.7. The van der Waals surface area contributed by atoms with E-state index in [1.807, 2.05) is 0 Å². The van der Waals surface area contributed by atoms with Crippen LogP contribution in [0, 0.1) is 0 Å². The Morgan fingerprint density at radius 3 is 2.46 bits per heavy atom. The molecule has 1 aliphatic rings. The van der Waals surface area contributed by atoms with E-state index in [0.717, 1.165) is 4.90 Å². The molecule has 0 unspecified atom stereocenters. The minimum Gasteiger partial charge on any atom is -0.351 e. The van der Waals surface area contributed by atoms with Crippen molar-refractivity contribution in [3.63, 3.8) is 0 Å². The molecule has 74 valence electrons. The fraction of sp³-hybridized carbons (Fsp3) is 0.714. The molecule has 4 nitrogen and oxygen atoms in total. The summed E-state index contributed by atoms with van der Waals surface area (Å²) in [6.45, 7) is -0.710. The van der Waals surface area contributed by atoms with Crippen LogP contribution in [0.1, 0.15) is 6.42 Å². The van der Waals surface area contributed by atoms with E-state index in [0.29, 0.717) is 0 Å². The Balaban J connectivity index is 2.57. The molecule has 0 bridgehead atoms. The molecule has 1 N–H and O–H groups in total. The number of nitrogens with one attached hydrogen (secondary N) is 1. The summed E-state index contributed by atoms with van der Waals surface area (Å²) in [7, 11) is 1.29. The average Bonchev–Trinajstić information content (AvgIpc) is 2.43. The smallest absolute Gasteiger partial charge is 0.312 e. The van der Waals surface area contributed by atoms with Crippen molar-refractivity contribution in [1.82, 2.24) is 10.2 Å². The Labute approximate surface area is 73.9 Å². The van der Waals surface area contributed by atoms with Crippen LogP contribution in [-0.4, -0.2) is 42.8 Å². The standard InChI is InChI=1S/C7H10F2N2O2/c1-10-5(12)6(13)11-3-2-7(8,9)4-11/h2-4H2,1H3,(H,10,12). The van der Waals surface area contributed by atoms with Crippen LogP contribution in [0.5, 0.6) is 0 Å². The molecule has 0 spiro atoms. The number of likely N-dealkylation sites (tertiary alicyclic amines) is 1. The third-order valence-corrected chi connectivity index (χ3v) is 1.88. The van der Waals surface area contributed by atoms with Crippen LogP contribution >= 0.6 is 0 Å².